The first-order valence-electron chi connectivity index (χ1n) is 4.82. The topological polar surface area (TPSA) is 73.1 Å². The van der Waals surface area contributed by atoms with Gasteiger partial charge in [-0.3, -0.25) is 0 Å². The van der Waals surface area contributed by atoms with Crippen molar-refractivity contribution >= 4 is 0 Å². The quantitative estimate of drug-likeness (QED) is 0.798. The van der Waals surface area contributed by atoms with E-state index in [1.54, 1.807) is 7.11 Å². The highest BCUT2D eigenvalue weighted by Gasteiger charge is 2.02. The molecule has 0 fully saturated rings. The molecule has 0 aliphatic carbocycles. The number of aromatic nitrogens is 4. The smallest absolute Gasteiger partial charge is 0.200 e. The van der Waals surface area contributed by atoms with Crippen molar-refractivity contribution in [3.05, 3.63) is 35.7 Å². The third-order valence-corrected chi connectivity index (χ3v) is 2.12. The molecule has 84 valence electrons. The van der Waals surface area contributed by atoms with Crippen LogP contribution in [0.2, 0.25) is 0 Å². The zero-order chi connectivity index (χ0) is 11.4. The Balaban J connectivity index is 2.08. The Morgan fingerprint density at radius 1 is 1.31 bits per heavy atom. The van der Waals surface area contributed by atoms with Crippen molar-refractivity contribution in [2.24, 2.45) is 0 Å². The van der Waals surface area contributed by atoms with Crippen molar-refractivity contribution < 1.29 is 9.84 Å². The number of ether oxygens (including phenoxy) is 1. The van der Waals surface area contributed by atoms with Gasteiger partial charge >= 0.3 is 0 Å². The largest absolute Gasteiger partial charge is 0.497 e. The maximum absolute atomic E-state index is 8.79. The maximum atomic E-state index is 8.79. The molecule has 1 N–H and O–H groups in total. The van der Waals surface area contributed by atoms with Crippen molar-refractivity contribution in [2.75, 3.05) is 7.11 Å². The van der Waals surface area contributed by atoms with Crippen LogP contribution >= 0.6 is 0 Å². The summed E-state index contributed by atoms with van der Waals surface area (Å²) >= 11 is 0. The monoisotopic (exact) mass is 220 g/mol. The number of hydrogen-bond acceptors (Lipinski definition) is 5. The number of tetrazole rings is 1. The first kappa shape index (κ1) is 10.6. The number of hydrogen-bond donors (Lipinski definition) is 1. The van der Waals surface area contributed by atoms with Crippen molar-refractivity contribution in [3.8, 4) is 5.75 Å². The lowest BCUT2D eigenvalue weighted by atomic mass is 10.2. The third-order valence-electron chi connectivity index (χ3n) is 2.12. The minimum absolute atomic E-state index is 0.192. The van der Waals surface area contributed by atoms with Gasteiger partial charge in [0.2, 0.25) is 0 Å². The molecular weight excluding hydrogens is 208 g/mol. The van der Waals surface area contributed by atoms with E-state index in [2.05, 4.69) is 15.4 Å². The van der Waals surface area contributed by atoms with Crippen LogP contribution in [0.4, 0.5) is 0 Å². The number of benzene rings is 1. The number of nitrogens with zero attached hydrogens (tertiary/aromatic N) is 4. The lowest BCUT2D eigenvalue weighted by molar-refractivity contribution is 0.270. The van der Waals surface area contributed by atoms with Crippen molar-refractivity contribution in [1.29, 1.82) is 0 Å². The van der Waals surface area contributed by atoms with Gasteiger partial charge in [0.25, 0.3) is 0 Å². The van der Waals surface area contributed by atoms with Crippen molar-refractivity contribution in [1.82, 2.24) is 20.2 Å². The molecule has 0 unspecified atom stereocenters. The van der Waals surface area contributed by atoms with E-state index in [1.807, 2.05) is 24.3 Å². The van der Waals surface area contributed by atoms with E-state index in [4.69, 9.17) is 9.84 Å². The summed E-state index contributed by atoms with van der Waals surface area (Å²) in [6.07, 6.45) is 0. The van der Waals surface area contributed by atoms with Crippen LogP contribution in [0.3, 0.4) is 0 Å². The van der Waals surface area contributed by atoms with Crippen LogP contribution in [0.25, 0.3) is 0 Å². The molecule has 6 heteroatoms. The summed E-state index contributed by atoms with van der Waals surface area (Å²) < 4.78 is 5.06. The minimum atomic E-state index is -0.192. The fourth-order valence-electron chi connectivity index (χ4n) is 1.30. The Labute approximate surface area is 92.5 Å². The first-order chi connectivity index (χ1) is 7.81. The van der Waals surface area contributed by atoms with Gasteiger partial charge in [0.15, 0.2) is 5.82 Å². The van der Waals surface area contributed by atoms with Gasteiger partial charge in [-0.25, -0.2) is 0 Å². The Kier molecular flexibility index (Phi) is 3.11. The van der Waals surface area contributed by atoms with Gasteiger partial charge in [-0.15, -0.1) is 10.2 Å². The number of rotatable bonds is 4. The molecule has 2 rings (SSSR count). The Bertz CT molecular complexity index is 452. The fourth-order valence-corrected chi connectivity index (χ4v) is 1.30. The lowest BCUT2D eigenvalue weighted by Crippen LogP contribution is -2.04. The Morgan fingerprint density at radius 2 is 2.06 bits per heavy atom. The summed E-state index contributed by atoms with van der Waals surface area (Å²) in [5, 5.41) is 20.3. The molecule has 1 aromatic heterocycles. The predicted octanol–water partition coefficient (Wildman–Crippen LogP) is 0.222. The van der Waals surface area contributed by atoms with Gasteiger partial charge in [-0.1, -0.05) is 12.1 Å². The van der Waals surface area contributed by atoms with Crippen LogP contribution in [0.1, 0.15) is 11.4 Å². The van der Waals surface area contributed by atoms with Gasteiger partial charge in [-0.2, -0.15) is 4.80 Å². The molecule has 2 aromatic rings. The molecule has 0 atom stereocenters. The van der Waals surface area contributed by atoms with E-state index >= 15 is 0 Å². The van der Waals surface area contributed by atoms with Crippen LogP contribution in [-0.4, -0.2) is 32.4 Å². The van der Waals surface area contributed by atoms with Crippen LogP contribution in [-0.2, 0) is 13.2 Å². The maximum Gasteiger partial charge on any atom is 0.200 e. The highest BCUT2D eigenvalue weighted by atomic mass is 16.5. The lowest BCUT2D eigenvalue weighted by Gasteiger charge is -2.01. The van der Waals surface area contributed by atoms with Crippen LogP contribution in [0, 0.1) is 0 Å². The SMILES string of the molecule is COc1ccc(Cn2nnc(CO)n2)cc1. The van der Waals surface area contributed by atoms with E-state index < -0.39 is 0 Å². The molecule has 0 spiro atoms. The third kappa shape index (κ3) is 2.34. The molecule has 0 radical (unpaired) electrons. The molecular formula is C10H12N4O2. The van der Waals surface area contributed by atoms with Gasteiger partial charge < -0.3 is 9.84 Å². The minimum Gasteiger partial charge on any atom is -0.497 e. The van der Waals surface area contributed by atoms with Gasteiger partial charge in [0.1, 0.15) is 12.4 Å². The fraction of sp³-hybridized carbons (Fsp3) is 0.300. The molecule has 0 bridgehead atoms. The van der Waals surface area contributed by atoms with E-state index in [-0.39, 0.29) is 6.61 Å². The molecule has 0 aliphatic heterocycles. The van der Waals surface area contributed by atoms with Crippen LogP contribution in [0.15, 0.2) is 24.3 Å². The molecule has 6 nitrogen and oxygen atoms in total. The normalized spacial score (nSPS) is 10.4. The molecule has 0 amide bonds. The Morgan fingerprint density at radius 3 is 2.62 bits per heavy atom. The highest BCUT2D eigenvalue weighted by Crippen LogP contribution is 2.11. The number of aliphatic hydroxyl groups excluding tert-OH is 1. The molecule has 0 aliphatic rings. The summed E-state index contributed by atoms with van der Waals surface area (Å²) in [7, 11) is 1.63. The van der Waals surface area contributed by atoms with E-state index in [9.17, 15) is 0 Å². The first-order valence-corrected chi connectivity index (χ1v) is 4.82. The highest BCUT2D eigenvalue weighted by molar-refractivity contribution is 5.26. The van der Waals surface area contributed by atoms with Gasteiger partial charge in [-0.05, 0) is 22.9 Å². The van der Waals surface area contributed by atoms with Crippen molar-refractivity contribution in [3.63, 3.8) is 0 Å². The predicted molar refractivity (Wildman–Crippen MR) is 55.8 cm³/mol. The van der Waals surface area contributed by atoms with E-state index in [0.29, 0.717) is 12.4 Å². The second kappa shape index (κ2) is 4.71. The van der Waals surface area contributed by atoms with Gasteiger partial charge in [0.05, 0.1) is 13.7 Å². The average Bonchev–Trinajstić information content (AvgIpc) is 2.78. The molecule has 0 saturated carbocycles. The molecule has 16 heavy (non-hydrogen) atoms. The summed E-state index contributed by atoms with van der Waals surface area (Å²) in [4.78, 5) is 1.44. The average molecular weight is 220 g/mol. The van der Waals surface area contributed by atoms with Crippen LogP contribution in [0.5, 0.6) is 5.75 Å². The molecule has 1 aromatic carbocycles. The molecule has 0 saturated heterocycles. The summed E-state index contributed by atoms with van der Waals surface area (Å²) in [5.41, 5.74) is 1.04. The second-order valence-corrected chi connectivity index (χ2v) is 3.24. The zero-order valence-electron chi connectivity index (χ0n) is 8.87. The summed E-state index contributed by atoms with van der Waals surface area (Å²) in [6, 6.07) is 7.61. The molecule has 1 heterocycles. The standard InChI is InChI=1S/C10H12N4O2/c1-16-9-4-2-8(3-5-9)6-14-12-10(7-15)11-13-14/h2-5,15H,6-7H2,1H3. The Hall–Kier alpha value is -1.95. The van der Waals surface area contributed by atoms with E-state index in [1.165, 1.54) is 4.80 Å². The van der Waals surface area contributed by atoms with Crippen molar-refractivity contribution in [2.45, 2.75) is 13.2 Å². The second-order valence-electron chi connectivity index (χ2n) is 3.24. The zero-order valence-corrected chi connectivity index (χ0v) is 8.87. The summed E-state index contributed by atoms with van der Waals surface area (Å²) in [6.45, 7) is 0.333. The number of methoxy groups -OCH3 is 1. The van der Waals surface area contributed by atoms with E-state index in [0.717, 1.165) is 11.3 Å². The van der Waals surface area contributed by atoms with Gasteiger partial charge in [0, 0.05) is 0 Å². The van der Waals surface area contributed by atoms with Crippen LogP contribution < -0.4 is 4.74 Å². The number of aliphatic hydroxyl groups is 1. The summed E-state index contributed by atoms with van der Waals surface area (Å²) in [5.74, 6) is 1.14.